The molecule has 3 saturated heterocycles. The Morgan fingerprint density at radius 2 is 1.80 bits per heavy atom. The van der Waals surface area contributed by atoms with E-state index in [1.165, 1.54) is 0 Å². The van der Waals surface area contributed by atoms with Crippen LogP contribution in [0.25, 0.3) is 0 Å². The number of carbonyl (C=O) groups excluding carboxylic acids is 3. The van der Waals surface area contributed by atoms with Crippen LogP contribution >= 0.6 is 0 Å². The van der Waals surface area contributed by atoms with Crippen LogP contribution in [0.1, 0.15) is 86.0 Å². The molecule has 3 aliphatic heterocycles. The normalized spacial score (nSPS) is 33.6. The first kappa shape index (κ1) is 31.7. The fourth-order valence-electron chi connectivity index (χ4n) is 8.57. The molecule has 230 valence electrons. The molecule has 41 heavy (non-hydrogen) atoms. The van der Waals surface area contributed by atoms with E-state index in [1.807, 2.05) is 18.7 Å². The molecule has 3 heterocycles. The van der Waals surface area contributed by atoms with Gasteiger partial charge in [0.25, 0.3) is 0 Å². The van der Waals surface area contributed by atoms with Gasteiger partial charge in [-0.15, -0.1) is 13.2 Å². The van der Waals surface area contributed by atoms with Gasteiger partial charge in [-0.05, 0) is 50.9 Å². The summed E-state index contributed by atoms with van der Waals surface area (Å²) < 4.78 is 6.98. The molecule has 4 aliphatic rings. The Balaban J connectivity index is 1.85. The molecule has 0 radical (unpaired) electrons. The molecule has 1 spiro atoms. The number of aliphatic hydroxyl groups excluding tert-OH is 1. The predicted octanol–water partition coefficient (Wildman–Crippen LogP) is 4.18. The highest BCUT2D eigenvalue weighted by Gasteiger charge is 2.80. The van der Waals surface area contributed by atoms with Crippen LogP contribution in [0.5, 0.6) is 0 Å². The van der Waals surface area contributed by atoms with Gasteiger partial charge < -0.3 is 24.5 Å². The molecule has 1 aliphatic carbocycles. The second-order valence-corrected chi connectivity index (χ2v) is 13.6. The smallest absolute Gasteiger partial charge is 0.248 e. The summed E-state index contributed by atoms with van der Waals surface area (Å²) in [4.78, 5) is 49.2. The summed E-state index contributed by atoms with van der Waals surface area (Å²) >= 11 is 0. The Morgan fingerprint density at radius 3 is 2.37 bits per heavy atom. The lowest BCUT2D eigenvalue weighted by Gasteiger charge is -2.42. The van der Waals surface area contributed by atoms with Crippen LogP contribution in [0.2, 0.25) is 0 Å². The summed E-state index contributed by atoms with van der Waals surface area (Å²) in [6.07, 6.45) is 10.5. The Labute approximate surface area is 247 Å². The van der Waals surface area contributed by atoms with Crippen LogP contribution in [0, 0.1) is 23.7 Å². The van der Waals surface area contributed by atoms with Crippen molar-refractivity contribution in [2.75, 3.05) is 26.2 Å². The van der Waals surface area contributed by atoms with Crippen molar-refractivity contribution >= 4 is 17.7 Å². The molecule has 8 nitrogen and oxygen atoms in total. The van der Waals surface area contributed by atoms with E-state index in [1.54, 1.807) is 22.0 Å². The Morgan fingerprint density at radius 1 is 1.15 bits per heavy atom. The Hall–Kier alpha value is -2.19. The van der Waals surface area contributed by atoms with Gasteiger partial charge in [-0.1, -0.05) is 59.1 Å². The number of fused-ring (bicyclic) bond motifs is 1. The van der Waals surface area contributed by atoms with Crippen LogP contribution in [0.15, 0.2) is 25.3 Å². The lowest BCUT2D eigenvalue weighted by Crippen LogP contribution is -2.60. The maximum Gasteiger partial charge on any atom is 0.248 e. The van der Waals surface area contributed by atoms with E-state index in [0.717, 1.165) is 38.5 Å². The molecule has 1 saturated carbocycles. The highest BCUT2D eigenvalue weighted by molar-refractivity contribution is 5.99. The van der Waals surface area contributed by atoms with Crippen molar-refractivity contribution in [2.24, 2.45) is 23.7 Å². The van der Waals surface area contributed by atoms with Gasteiger partial charge in [-0.25, -0.2) is 0 Å². The second-order valence-electron chi connectivity index (χ2n) is 13.6. The second kappa shape index (κ2) is 12.6. The molecule has 3 amide bonds. The number of amides is 3. The van der Waals surface area contributed by atoms with Crippen LogP contribution in [-0.4, -0.2) is 93.1 Å². The summed E-state index contributed by atoms with van der Waals surface area (Å²) in [7, 11) is 0. The van der Waals surface area contributed by atoms with Crippen molar-refractivity contribution in [3.8, 4) is 0 Å². The third kappa shape index (κ3) is 5.28. The number of hydrogen-bond acceptors (Lipinski definition) is 5. The van der Waals surface area contributed by atoms with E-state index in [9.17, 15) is 19.5 Å². The number of aliphatic hydroxyl groups is 1. The van der Waals surface area contributed by atoms with E-state index in [0.29, 0.717) is 32.5 Å². The molecule has 7 atom stereocenters. The minimum atomic E-state index is -1.12. The molecular formula is C33H53N3O5. The largest absolute Gasteiger partial charge is 0.394 e. The summed E-state index contributed by atoms with van der Waals surface area (Å²) in [6.45, 7) is 19.1. The summed E-state index contributed by atoms with van der Waals surface area (Å²) in [6, 6.07) is -1.34. The average Bonchev–Trinajstić information content (AvgIpc) is 3.46. The van der Waals surface area contributed by atoms with E-state index in [2.05, 4.69) is 33.9 Å². The molecule has 4 fully saturated rings. The van der Waals surface area contributed by atoms with Crippen LogP contribution in [-0.2, 0) is 19.1 Å². The van der Waals surface area contributed by atoms with Crippen LogP contribution < -0.4 is 0 Å². The SMILES string of the molecule is C=CCN(CCC)C(=O)[C@H]1[C@H]2C(=O)N([C@@H](CO)CC(C)C)C(C(=O)N(CC=C)C3CCCCC3)C23CC(C)[C@]1(C)O3. The minimum absolute atomic E-state index is 0.0248. The van der Waals surface area contributed by atoms with E-state index < -0.39 is 35.1 Å². The summed E-state index contributed by atoms with van der Waals surface area (Å²) in [5.41, 5.74) is -1.98. The first-order chi connectivity index (χ1) is 19.5. The maximum atomic E-state index is 14.9. The highest BCUT2D eigenvalue weighted by Crippen LogP contribution is 2.66. The number of likely N-dealkylation sites (tertiary alicyclic amines) is 1. The zero-order valence-electron chi connectivity index (χ0n) is 26.0. The number of carbonyl (C=O) groups is 3. The van der Waals surface area contributed by atoms with Crippen LogP contribution in [0.4, 0.5) is 0 Å². The molecule has 3 unspecified atom stereocenters. The van der Waals surface area contributed by atoms with E-state index in [-0.39, 0.29) is 42.2 Å². The summed E-state index contributed by atoms with van der Waals surface area (Å²) in [5.74, 6) is -1.75. The lowest BCUT2D eigenvalue weighted by atomic mass is 9.62. The van der Waals surface area contributed by atoms with E-state index >= 15 is 0 Å². The number of hydrogen-bond donors (Lipinski definition) is 1. The predicted molar refractivity (Wildman–Crippen MR) is 160 cm³/mol. The topological polar surface area (TPSA) is 90.4 Å². The molecule has 0 aromatic rings. The maximum absolute atomic E-state index is 14.9. The van der Waals surface area contributed by atoms with Gasteiger partial charge in [0.15, 0.2) is 0 Å². The molecular weight excluding hydrogens is 518 g/mol. The molecule has 1 N–H and O–H groups in total. The monoisotopic (exact) mass is 571 g/mol. The number of rotatable bonds is 13. The van der Waals surface area contributed by atoms with Crippen molar-refractivity contribution < 1.29 is 24.2 Å². The van der Waals surface area contributed by atoms with Gasteiger partial charge in [0, 0.05) is 25.7 Å². The fourth-order valence-corrected chi connectivity index (χ4v) is 8.57. The third-order valence-corrected chi connectivity index (χ3v) is 10.4. The van der Waals surface area contributed by atoms with Crippen molar-refractivity contribution in [1.82, 2.24) is 14.7 Å². The van der Waals surface area contributed by atoms with Gasteiger partial charge in [-0.2, -0.15) is 0 Å². The average molecular weight is 572 g/mol. The third-order valence-electron chi connectivity index (χ3n) is 10.4. The lowest BCUT2D eigenvalue weighted by molar-refractivity contribution is -0.159. The summed E-state index contributed by atoms with van der Waals surface area (Å²) in [5, 5.41) is 10.6. The fraction of sp³-hybridized carbons (Fsp3) is 0.788. The number of nitrogens with zero attached hydrogens (tertiary/aromatic N) is 3. The van der Waals surface area contributed by atoms with Gasteiger partial charge in [0.2, 0.25) is 17.7 Å². The first-order valence-corrected chi connectivity index (χ1v) is 16.0. The molecule has 4 rings (SSSR count). The van der Waals surface area contributed by atoms with Crippen LogP contribution in [0.3, 0.4) is 0 Å². The van der Waals surface area contributed by atoms with Gasteiger partial charge in [0.1, 0.15) is 11.6 Å². The van der Waals surface area contributed by atoms with Crippen molar-refractivity contribution in [3.05, 3.63) is 25.3 Å². The van der Waals surface area contributed by atoms with Gasteiger partial charge in [-0.3, -0.25) is 14.4 Å². The van der Waals surface area contributed by atoms with Gasteiger partial charge in [0.05, 0.1) is 30.1 Å². The number of ether oxygens (including phenoxy) is 1. The highest BCUT2D eigenvalue weighted by atomic mass is 16.5. The standard InChI is InChI=1S/C33H53N3O5/c1-8-16-34(17-9-2)29(38)26-27-30(39)36(25(21-37)19-22(4)5)28(33(27)20-23(6)32(26,7)41-33)31(40)35(18-10-3)24-14-12-11-13-15-24/h8,10,22-28,37H,1,3,9,11-21H2,2,4-7H3/t23?,25-,26-,27+,28?,32+,33?/m1/s1. The van der Waals surface area contributed by atoms with Crippen molar-refractivity contribution in [1.29, 1.82) is 0 Å². The Bertz CT molecular complexity index is 1010. The minimum Gasteiger partial charge on any atom is -0.394 e. The first-order valence-electron chi connectivity index (χ1n) is 16.0. The van der Waals surface area contributed by atoms with Crippen molar-refractivity contribution in [3.63, 3.8) is 0 Å². The van der Waals surface area contributed by atoms with Crippen molar-refractivity contribution in [2.45, 2.75) is 115 Å². The van der Waals surface area contributed by atoms with Gasteiger partial charge >= 0.3 is 0 Å². The quantitative estimate of drug-likeness (QED) is 0.335. The molecule has 2 bridgehead atoms. The zero-order valence-corrected chi connectivity index (χ0v) is 26.0. The molecule has 0 aromatic heterocycles. The Kier molecular flexibility index (Phi) is 9.74. The van der Waals surface area contributed by atoms with E-state index in [4.69, 9.17) is 4.74 Å². The zero-order chi connectivity index (χ0) is 30.1. The molecule has 8 heteroatoms. The molecule has 0 aromatic carbocycles.